The third-order valence-corrected chi connectivity index (χ3v) is 4.50. The van der Waals surface area contributed by atoms with Gasteiger partial charge in [0.25, 0.3) is 5.69 Å². The Kier molecular flexibility index (Phi) is 3.35. The molecular weight excluding hydrogens is 312 g/mol. The normalized spacial score (nSPS) is 12.6. The van der Waals surface area contributed by atoms with E-state index < -0.39 is 4.92 Å². The van der Waals surface area contributed by atoms with Gasteiger partial charge in [0.1, 0.15) is 0 Å². The highest BCUT2D eigenvalue weighted by atomic mass is 35.5. The molecule has 0 radical (unpaired) electrons. The van der Waals surface area contributed by atoms with Crippen molar-refractivity contribution in [2.45, 2.75) is 16.7 Å². The van der Waals surface area contributed by atoms with Gasteiger partial charge in [-0.25, -0.2) is 0 Å². The number of hydrogen-bond donors (Lipinski definition) is 0. The molecule has 0 saturated carbocycles. The van der Waals surface area contributed by atoms with E-state index in [1.165, 1.54) is 35.7 Å². The van der Waals surface area contributed by atoms with Crippen LogP contribution < -0.4 is 4.90 Å². The lowest BCUT2D eigenvalue weighted by atomic mass is 10.2. The number of halogens is 1. The van der Waals surface area contributed by atoms with Crippen LogP contribution in [0.15, 0.2) is 46.2 Å². The second-order valence-electron chi connectivity index (χ2n) is 4.45. The molecule has 1 heterocycles. The highest BCUT2D eigenvalue weighted by molar-refractivity contribution is 7.99. The number of carbonyl (C=O) groups excluding carboxylic acids is 1. The maximum Gasteiger partial charge on any atom is 0.270 e. The molecule has 0 bridgehead atoms. The molecule has 0 saturated heterocycles. The van der Waals surface area contributed by atoms with Crippen LogP contribution in [0.4, 0.5) is 17.1 Å². The molecule has 0 N–H and O–H groups in total. The Bertz CT molecular complexity index is 779. The van der Waals surface area contributed by atoms with Crippen LogP contribution >= 0.6 is 23.4 Å². The Hall–Kier alpha value is -2.05. The molecular formula is C14H9ClN2O3S. The molecule has 0 fully saturated rings. The van der Waals surface area contributed by atoms with E-state index in [2.05, 4.69) is 0 Å². The first-order chi connectivity index (χ1) is 9.99. The van der Waals surface area contributed by atoms with E-state index in [9.17, 15) is 14.9 Å². The molecule has 0 unspecified atom stereocenters. The zero-order valence-corrected chi connectivity index (χ0v) is 12.4. The molecule has 1 aliphatic heterocycles. The first kappa shape index (κ1) is 13.9. The number of fused-ring (bicyclic) bond motifs is 2. The largest absolute Gasteiger partial charge is 0.277 e. The van der Waals surface area contributed by atoms with Crippen LogP contribution in [-0.2, 0) is 4.79 Å². The predicted molar refractivity (Wildman–Crippen MR) is 81.5 cm³/mol. The summed E-state index contributed by atoms with van der Waals surface area (Å²) in [6.07, 6.45) is 0. The van der Waals surface area contributed by atoms with Gasteiger partial charge >= 0.3 is 0 Å². The monoisotopic (exact) mass is 320 g/mol. The number of benzene rings is 2. The average molecular weight is 321 g/mol. The lowest BCUT2D eigenvalue weighted by molar-refractivity contribution is -0.385. The topological polar surface area (TPSA) is 63.5 Å². The lowest BCUT2D eigenvalue weighted by Gasteiger charge is -2.30. The number of rotatable bonds is 1. The summed E-state index contributed by atoms with van der Waals surface area (Å²) in [4.78, 5) is 25.4. The quantitative estimate of drug-likeness (QED) is 0.577. The van der Waals surface area contributed by atoms with E-state index in [-0.39, 0.29) is 11.6 Å². The first-order valence-electron chi connectivity index (χ1n) is 6.04. The Morgan fingerprint density at radius 1 is 1.29 bits per heavy atom. The number of para-hydroxylation sites is 1. The van der Waals surface area contributed by atoms with Crippen molar-refractivity contribution in [2.75, 3.05) is 4.90 Å². The van der Waals surface area contributed by atoms with Crippen molar-refractivity contribution in [3.8, 4) is 0 Å². The van der Waals surface area contributed by atoms with E-state index >= 15 is 0 Å². The van der Waals surface area contributed by atoms with Crippen LogP contribution in [0.3, 0.4) is 0 Å². The standard InChI is InChI=1S/C14H9ClN2O3S/c1-8(18)16-11-6-5-9(17(19)20)7-13(11)21-12-4-2-3-10(15)14(12)16/h2-7H,1H3. The number of non-ortho nitro benzene ring substituents is 1. The van der Waals surface area contributed by atoms with Crippen molar-refractivity contribution < 1.29 is 9.72 Å². The van der Waals surface area contributed by atoms with Crippen molar-refractivity contribution in [1.82, 2.24) is 0 Å². The molecule has 21 heavy (non-hydrogen) atoms. The van der Waals surface area contributed by atoms with E-state index in [0.29, 0.717) is 21.3 Å². The third-order valence-electron chi connectivity index (χ3n) is 3.10. The summed E-state index contributed by atoms with van der Waals surface area (Å²) in [5.74, 6) is -0.195. The predicted octanol–water partition coefficient (Wildman–Crippen LogP) is 4.40. The van der Waals surface area contributed by atoms with Crippen LogP contribution in [0.1, 0.15) is 6.92 Å². The molecule has 3 rings (SSSR count). The minimum atomic E-state index is -0.452. The van der Waals surface area contributed by atoms with Gasteiger partial charge in [-0.05, 0) is 18.2 Å². The smallest absolute Gasteiger partial charge is 0.270 e. The summed E-state index contributed by atoms with van der Waals surface area (Å²) in [6, 6.07) is 9.77. The summed E-state index contributed by atoms with van der Waals surface area (Å²) in [5.41, 5.74) is 1.23. The number of carbonyl (C=O) groups is 1. The van der Waals surface area contributed by atoms with Gasteiger partial charge < -0.3 is 0 Å². The van der Waals surface area contributed by atoms with Gasteiger partial charge in [0.2, 0.25) is 5.91 Å². The Balaban J connectivity index is 2.23. The van der Waals surface area contributed by atoms with Crippen molar-refractivity contribution in [3.05, 3.63) is 51.5 Å². The fraction of sp³-hybridized carbons (Fsp3) is 0.0714. The summed E-state index contributed by atoms with van der Waals surface area (Å²) >= 11 is 7.58. The number of anilines is 2. The molecule has 5 nitrogen and oxygen atoms in total. The minimum Gasteiger partial charge on any atom is -0.277 e. The molecule has 106 valence electrons. The van der Waals surface area contributed by atoms with Crippen LogP contribution in [0.5, 0.6) is 0 Å². The maximum absolute atomic E-state index is 12.0. The Labute approximate surface area is 129 Å². The van der Waals surface area contributed by atoms with E-state index in [0.717, 1.165) is 4.90 Å². The molecule has 0 aliphatic carbocycles. The van der Waals surface area contributed by atoms with Gasteiger partial charge in [0, 0.05) is 28.8 Å². The summed E-state index contributed by atoms with van der Waals surface area (Å²) in [7, 11) is 0. The molecule has 0 aromatic heterocycles. The SMILES string of the molecule is CC(=O)N1c2ccc([N+](=O)[O-])cc2Sc2cccc(Cl)c21. The van der Waals surface area contributed by atoms with Gasteiger partial charge in [-0.1, -0.05) is 29.4 Å². The number of nitrogens with zero attached hydrogens (tertiary/aromatic N) is 2. The summed E-state index contributed by atoms with van der Waals surface area (Å²) in [6.45, 7) is 1.44. The van der Waals surface area contributed by atoms with E-state index in [1.807, 2.05) is 6.07 Å². The number of nitro benzene ring substituents is 1. The molecule has 1 aliphatic rings. The third kappa shape index (κ3) is 2.26. The Morgan fingerprint density at radius 2 is 2.05 bits per heavy atom. The van der Waals surface area contributed by atoms with Gasteiger partial charge in [-0.2, -0.15) is 0 Å². The second kappa shape index (κ2) is 5.05. The average Bonchev–Trinajstić information content (AvgIpc) is 2.44. The van der Waals surface area contributed by atoms with Crippen molar-refractivity contribution in [3.63, 3.8) is 0 Å². The van der Waals surface area contributed by atoms with Gasteiger partial charge in [-0.15, -0.1) is 0 Å². The highest BCUT2D eigenvalue weighted by Gasteiger charge is 2.29. The Morgan fingerprint density at radius 3 is 2.71 bits per heavy atom. The van der Waals surface area contributed by atoms with E-state index in [4.69, 9.17) is 11.6 Å². The lowest BCUT2D eigenvalue weighted by Crippen LogP contribution is -2.26. The van der Waals surface area contributed by atoms with Gasteiger partial charge in [0.15, 0.2) is 0 Å². The van der Waals surface area contributed by atoms with E-state index in [1.54, 1.807) is 18.2 Å². The molecule has 0 spiro atoms. The number of amides is 1. The van der Waals surface area contributed by atoms with Gasteiger partial charge in [0.05, 0.1) is 21.3 Å². The zero-order chi connectivity index (χ0) is 15.1. The van der Waals surface area contributed by atoms with Crippen molar-refractivity contribution >= 4 is 46.3 Å². The molecule has 2 aromatic carbocycles. The minimum absolute atomic E-state index is 0.00442. The van der Waals surface area contributed by atoms with Crippen LogP contribution in [0.2, 0.25) is 5.02 Å². The zero-order valence-electron chi connectivity index (χ0n) is 10.9. The number of nitro groups is 1. The number of hydrogen-bond acceptors (Lipinski definition) is 4. The van der Waals surface area contributed by atoms with Crippen molar-refractivity contribution in [2.24, 2.45) is 0 Å². The molecule has 7 heteroatoms. The molecule has 1 amide bonds. The van der Waals surface area contributed by atoms with Crippen molar-refractivity contribution in [1.29, 1.82) is 0 Å². The van der Waals surface area contributed by atoms with Crippen LogP contribution in [0, 0.1) is 10.1 Å². The first-order valence-corrected chi connectivity index (χ1v) is 7.24. The van der Waals surface area contributed by atoms with Crippen LogP contribution in [-0.4, -0.2) is 10.8 Å². The maximum atomic E-state index is 12.0. The highest BCUT2D eigenvalue weighted by Crippen LogP contribution is 2.51. The summed E-state index contributed by atoms with van der Waals surface area (Å²) < 4.78 is 0. The molecule has 2 aromatic rings. The fourth-order valence-electron chi connectivity index (χ4n) is 2.24. The van der Waals surface area contributed by atoms with Gasteiger partial charge in [-0.3, -0.25) is 19.8 Å². The molecule has 0 atom stereocenters. The second-order valence-corrected chi connectivity index (χ2v) is 5.94. The van der Waals surface area contributed by atoms with Crippen LogP contribution in [0.25, 0.3) is 0 Å². The fourth-order valence-corrected chi connectivity index (χ4v) is 3.68. The summed E-state index contributed by atoms with van der Waals surface area (Å²) in [5, 5.41) is 11.4.